The van der Waals surface area contributed by atoms with Gasteiger partial charge in [0, 0.05) is 11.0 Å². The Kier molecular flexibility index (Phi) is 2.80. The molecule has 0 atom stereocenters. The van der Waals surface area contributed by atoms with Crippen LogP contribution in [0.3, 0.4) is 0 Å². The first-order chi connectivity index (χ1) is 8.12. The third-order valence-electron chi connectivity index (χ3n) is 3.02. The summed E-state index contributed by atoms with van der Waals surface area (Å²) in [5, 5.41) is 1.47. The number of nitrogens with zero attached hydrogens (tertiary/aromatic N) is 3. The summed E-state index contributed by atoms with van der Waals surface area (Å²) in [7, 11) is 0. The van der Waals surface area contributed by atoms with E-state index in [1.54, 1.807) is 0 Å². The van der Waals surface area contributed by atoms with E-state index in [2.05, 4.69) is 15.0 Å². The quantitative estimate of drug-likeness (QED) is 0.648. The van der Waals surface area contributed by atoms with Crippen molar-refractivity contribution in [3.8, 4) is 0 Å². The summed E-state index contributed by atoms with van der Waals surface area (Å²) in [5.41, 5.74) is 0.724. The molecular weight excluding hydrogens is 229 g/mol. The van der Waals surface area contributed by atoms with Gasteiger partial charge in [-0.15, -0.1) is 0 Å². The molecule has 18 heavy (non-hydrogen) atoms. The summed E-state index contributed by atoms with van der Waals surface area (Å²) in [6, 6.07) is 0. The van der Waals surface area contributed by atoms with Gasteiger partial charge in [0.25, 0.3) is 0 Å². The van der Waals surface area contributed by atoms with E-state index in [0.29, 0.717) is 23.3 Å². The van der Waals surface area contributed by atoms with Gasteiger partial charge in [-0.1, -0.05) is 41.5 Å². The predicted molar refractivity (Wildman–Crippen MR) is 68.8 cm³/mol. The average Bonchev–Trinajstić information content (AvgIpc) is 2.60. The molecule has 4 heteroatoms. The predicted octanol–water partition coefficient (Wildman–Crippen LogP) is 2.03. The van der Waals surface area contributed by atoms with Crippen LogP contribution >= 0.6 is 0 Å². The van der Waals surface area contributed by atoms with Crippen molar-refractivity contribution in [2.24, 2.45) is 9.98 Å². The van der Waals surface area contributed by atoms with Gasteiger partial charge < -0.3 is 0 Å². The zero-order valence-corrected chi connectivity index (χ0v) is 11.9. The van der Waals surface area contributed by atoms with Crippen LogP contribution in [0.4, 0.5) is 4.39 Å². The van der Waals surface area contributed by atoms with Crippen LogP contribution in [0.5, 0.6) is 0 Å². The molecule has 1 aliphatic rings. The Balaban J connectivity index is 2.89. The van der Waals surface area contributed by atoms with Crippen LogP contribution in [-0.4, -0.2) is 11.7 Å². The highest BCUT2D eigenvalue weighted by molar-refractivity contribution is 5.26. The largest absolute Gasteiger partial charge is 0.259 e. The molecule has 0 spiro atoms. The van der Waals surface area contributed by atoms with Crippen LogP contribution < -0.4 is 10.7 Å². The second-order valence-electron chi connectivity index (χ2n) is 6.78. The molecular formula is C14H20FN3. The smallest absolute Gasteiger partial charge is 0.219 e. The lowest BCUT2D eigenvalue weighted by Crippen LogP contribution is -2.41. The normalized spacial score (nSPS) is 15.1. The van der Waals surface area contributed by atoms with E-state index in [-0.39, 0.29) is 10.8 Å². The highest BCUT2D eigenvalue weighted by atomic mass is 19.1. The molecule has 0 radical (unpaired) electrons. The molecule has 0 unspecified atom stereocenters. The summed E-state index contributed by atoms with van der Waals surface area (Å²) < 4.78 is 14.3. The Bertz CT molecular complexity index is 604. The molecule has 98 valence electrons. The fourth-order valence-electron chi connectivity index (χ4n) is 2.20. The highest BCUT2D eigenvalue weighted by Crippen LogP contribution is 2.23. The second-order valence-corrected chi connectivity index (χ2v) is 6.78. The summed E-state index contributed by atoms with van der Waals surface area (Å²) in [6.07, 6.45) is 0. The van der Waals surface area contributed by atoms with Gasteiger partial charge in [-0.2, -0.15) is 4.39 Å². The van der Waals surface area contributed by atoms with Crippen molar-refractivity contribution < 1.29 is 4.39 Å². The first-order valence-corrected chi connectivity index (χ1v) is 6.22. The van der Waals surface area contributed by atoms with Crippen molar-refractivity contribution in [2.45, 2.75) is 52.4 Å². The minimum absolute atomic E-state index is 0.231. The average molecular weight is 249 g/mol. The Morgan fingerprint density at radius 1 is 0.889 bits per heavy atom. The first-order valence-electron chi connectivity index (χ1n) is 6.22. The van der Waals surface area contributed by atoms with Crippen molar-refractivity contribution in [3.63, 3.8) is 0 Å². The van der Waals surface area contributed by atoms with Crippen molar-refractivity contribution >= 4 is 0 Å². The first kappa shape index (κ1) is 13.1. The Labute approximate surface area is 107 Å². The summed E-state index contributed by atoms with van der Waals surface area (Å²) in [5.74, 6) is -0.410. The van der Waals surface area contributed by atoms with Crippen LogP contribution in [0, 0.1) is 5.95 Å². The Morgan fingerprint density at radius 3 is 1.94 bits per heavy atom. The fourth-order valence-corrected chi connectivity index (χ4v) is 2.20. The molecule has 2 heterocycles. The number of hydrogen-bond acceptors (Lipinski definition) is 3. The van der Waals surface area contributed by atoms with E-state index in [1.165, 1.54) is 0 Å². The zero-order chi connectivity index (χ0) is 13.7. The second kappa shape index (κ2) is 3.84. The third kappa shape index (κ3) is 2.04. The number of rotatable bonds is 0. The summed E-state index contributed by atoms with van der Waals surface area (Å²) in [6.45, 7) is 12.3. The molecule has 1 aliphatic heterocycles. The molecule has 1 aromatic heterocycles. The Morgan fingerprint density at radius 2 is 1.44 bits per heavy atom. The SMILES string of the molecule is CC(C)(C)c1nc(F)c(C(C)(C)C)c2c1=NCN=2. The molecule has 0 saturated carbocycles. The van der Waals surface area contributed by atoms with Gasteiger partial charge in [0.15, 0.2) is 0 Å². The van der Waals surface area contributed by atoms with E-state index in [4.69, 9.17) is 0 Å². The molecule has 0 aliphatic carbocycles. The fraction of sp³-hybridized carbons (Fsp3) is 0.643. The molecule has 1 aromatic rings. The van der Waals surface area contributed by atoms with Crippen LogP contribution in [0.15, 0.2) is 9.98 Å². The molecule has 3 nitrogen and oxygen atoms in total. The molecule has 0 N–H and O–H groups in total. The van der Waals surface area contributed by atoms with E-state index >= 15 is 0 Å². The third-order valence-corrected chi connectivity index (χ3v) is 3.02. The van der Waals surface area contributed by atoms with Crippen molar-refractivity contribution in [1.29, 1.82) is 0 Å². The van der Waals surface area contributed by atoms with Gasteiger partial charge in [-0.05, 0) is 5.41 Å². The van der Waals surface area contributed by atoms with Gasteiger partial charge in [-0.25, -0.2) is 4.98 Å². The minimum Gasteiger partial charge on any atom is -0.259 e. The maximum Gasteiger partial charge on any atom is 0.219 e. The van der Waals surface area contributed by atoms with Gasteiger partial charge in [-0.3, -0.25) is 9.98 Å². The van der Waals surface area contributed by atoms with Gasteiger partial charge in [0.1, 0.15) is 12.0 Å². The van der Waals surface area contributed by atoms with E-state index in [1.807, 2.05) is 41.5 Å². The van der Waals surface area contributed by atoms with Crippen LogP contribution in [-0.2, 0) is 10.8 Å². The summed E-state index contributed by atoms with van der Waals surface area (Å²) >= 11 is 0. The number of aromatic nitrogens is 1. The lowest BCUT2D eigenvalue weighted by Gasteiger charge is -2.23. The lowest BCUT2D eigenvalue weighted by molar-refractivity contribution is 0.467. The van der Waals surface area contributed by atoms with Crippen LogP contribution in [0.1, 0.15) is 52.8 Å². The number of halogens is 1. The van der Waals surface area contributed by atoms with E-state index in [0.717, 1.165) is 5.36 Å². The minimum atomic E-state index is -0.410. The van der Waals surface area contributed by atoms with Crippen LogP contribution in [0.2, 0.25) is 0 Å². The van der Waals surface area contributed by atoms with Crippen molar-refractivity contribution in [1.82, 2.24) is 4.98 Å². The molecule has 0 saturated heterocycles. The van der Waals surface area contributed by atoms with Crippen LogP contribution in [0.25, 0.3) is 0 Å². The molecule has 0 fully saturated rings. The zero-order valence-electron chi connectivity index (χ0n) is 11.9. The highest BCUT2D eigenvalue weighted by Gasteiger charge is 2.29. The van der Waals surface area contributed by atoms with Gasteiger partial charge >= 0.3 is 0 Å². The standard InChI is InChI=1S/C14H20FN3/c1-13(2,3)8-9-10(17-7-16-9)11(14(4,5)6)18-12(8)15/h7H2,1-6H3. The maximum absolute atomic E-state index is 14.3. The lowest BCUT2D eigenvalue weighted by atomic mass is 9.85. The summed E-state index contributed by atoms with van der Waals surface area (Å²) in [4.78, 5) is 12.9. The number of hydrogen-bond donors (Lipinski definition) is 0. The van der Waals surface area contributed by atoms with Crippen molar-refractivity contribution in [2.75, 3.05) is 6.67 Å². The van der Waals surface area contributed by atoms with Gasteiger partial charge in [0.2, 0.25) is 5.95 Å². The monoisotopic (exact) mass is 249 g/mol. The van der Waals surface area contributed by atoms with Crippen molar-refractivity contribution in [3.05, 3.63) is 27.9 Å². The number of fused-ring (bicyclic) bond motifs is 1. The van der Waals surface area contributed by atoms with E-state index in [9.17, 15) is 4.39 Å². The molecule has 2 rings (SSSR count). The maximum atomic E-state index is 14.3. The number of pyridine rings is 1. The molecule has 0 bridgehead atoms. The Hall–Kier alpha value is -1.32. The van der Waals surface area contributed by atoms with Gasteiger partial charge in [0.05, 0.1) is 11.1 Å². The molecule has 0 aromatic carbocycles. The topological polar surface area (TPSA) is 37.6 Å². The molecule has 0 amide bonds. The van der Waals surface area contributed by atoms with E-state index < -0.39 is 5.95 Å².